The highest BCUT2D eigenvalue weighted by atomic mass is 32.1. The molecule has 0 saturated carbocycles. The number of esters is 1. The highest BCUT2D eigenvalue weighted by Crippen LogP contribution is 2.29. The van der Waals surface area contributed by atoms with E-state index >= 15 is 0 Å². The molecule has 0 saturated heterocycles. The summed E-state index contributed by atoms with van der Waals surface area (Å²) in [7, 11) is 0. The van der Waals surface area contributed by atoms with Gasteiger partial charge in [0.25, 0.3) is 5.91 Å². The molecule has 0 bridgehead atoms. The van der Waals surface area contributed by atoms with Crippen molar-refractivity contribution in [3.8, 4) is 5.75 Å². The summed E-state index contributed by atoms with van der Waals surface area (Å²) >= 11 is 1.34. The Morgan fingerprint density at radius 3 is 2.82 bits per heavy atom. The Morgan fingerprint density at radius 1 is 1.36 bits per heavy atom. The van der Waals surface area contributed by atoms with Crippen LogP contribution in [0.15, 0.2) is 18.2 Å². The van der Waals surface area contributed by atoms with E-state index in [4.69, 9.17) is 9.47 Å². The van der Waals surface area contributed by atoms with E-state index in [-0.39, 0.29) is 12.5 Å². The SMILES string of the molecule is CCOc1ccc2nc(NC(=O)COC(=O)C(C)C)sc2c1. The number of amides is 1. The van der Waals surface area contributed by atoms with Crippen molar-refractivity contribution < 1.29 is 19.1 Å². The second kappa shape index (κ2) is 7.22. The Kier molecular flexibility index (Phi) is 5.32. The summed E-state index contributed by atoms with van der Waals surface area (Å²) < 4.78 is 11.2. The molecule has 1 aromatic heterocycles. The molecule has 1 aromatic carbocycles. The molecule has 2 rings (SSSR count). The van der Waals surface area contributed by atoms with Crippen molar-refractivity contribution in [3.63, 3.8) is 0 Å². The first-order valence-corrected chi connectivity index (χ1v) is 7.81. The van der Waals surface area contributed by atoms with Gasteiger partial charge in [0.05, 0.1) is 22.7 Å². The van der Waals surface area contributed by atoms with Crippen LogP contribution in [0.4, 0.5) is 5.13 Å². The Balaban J connectivity index is 1.99. The Bertz CT molecular complexity index is 681. The van der Waals surface area contributed by atoms with Crippen molar-refractivity contribution in [2.45, 2.75) is 20.8 Å². The van der Waals surface area contributed by atoms with E-state index in [0.29, 0.717) is 11.7 Å². The number of nitrogens with zero attached hydrogens (tertiary/aromatic N) is 1. The average molecular weight is 322 g/mol. The van der Waals surface area contributed by atoms with Gasteiger partial charge in [-0.15, -0.1) is 0 Å². The van der Waals surface area contributed by atoms with Crippen molar-refractivity contribution in [1.82, 2.24) is 4.98 Å². The Morgan fingerprint density at radius 2 is 2.14 bits per heavy atom. The molecule has 0 atom stereocenters. The van der Waals surface area contributed by atoms with Gasteiger partial charge in [-0.2, -0.15) is 0 Å². The summed E-state index contributed by atoms with van der Waals surface area (Å²) in [6.45, 7) is 5.63. The van der Waals surface area contributed by atoms with Crippen LogP contribution in [0.3, 0.4) is 0 Å². The number of benzene rings is 1. The highest BCUT2D eigenvalue weighted by Gasteiger charge is 2.13. The maximum Gasteiger partial charge on any atom is 0.308 e. The van der Waals surface area contributed by atoms with Crippen LogP contribution in [-0.4, -0.2) is 30.1 Å². The van der Waals surface area contributed by atoms with Gasteiger partial charge in [0.1, 0.15) is 5.75 Å². The number of thiazole rings is 1. The molecule has 0 spiro atoms. The van der Waals surface area contributed by atoms with Crippen LogP contribution >= 0.6 is 11.3 Å². The number of carbonyl (C=O) groups excluding carboxylic acids is 2. The minimum atomic E-state index is -0.405. The van der Waals surface area contributed by atoms with Gasteiger partial charge in [-0.05, 0) is 25.1 Å². The first-order chi connectivity index (χ1) is 10.5. The monoisotopic (exact) mass is 322 g/mol. The van der Waals surface area contributed by atoms with Crippen LogP contribution in [-0.2, 0) is 14.3 Å². The molecule has 22 heavy (non-hydrogen) atoms. The molecular weight excluding hydrogens is 304 g/mol. The number of ether oxygens (including phenoxy) is 2. The molecule has 0 radical (unpaired) electrons. The van der Waals surface area contributed by atoms with Crippen molar-refractivity contribution in [2.75, 3.05) is 18.5 Å². The molecule has 0 aliphatic carbocycles. The molecular formula is C15H18N2O4S. The van der Waals surface area contributed by atoms with Gasteiger partial charge in [-0.1, -0.05) is 25.2 Å². The lowest BCUT2D eigenvalue weighted by Crippen LogP contribution is -2.22. The van der Waals surface area contributed by atoms with Crippen molar-refractivity contribution in [1.29, 1.82) is 0 Å². The van der Waals surface area contributed by atoms with Gasteiger partial charge >= 0.3 is 5.97 Å². The summed E-state index contributed by atoms with van der Waals surface area (Å²) in [5.41, 5.74) is 0.780. The van der Waals surface area contributed by atoms with Crippen molar-refractivity contribution in [3.05, 3.63) is 18.2 Å². The van der Waals surface area contributed by atoms with Crippen LogP contribution in [0.25, 0.3) is 10.2 Å². The first kappa shape index (κ1) is 16.2. The molecule has 1 heterocycles. The largest absolute Gasteiger partial charge is 0.494 e. The minimum Gasteiger partial charge on any atom is -0.494 e. The normalized spacial score (nSPS) is 10.7. The van der Waals surface area contributed by atoms with Crippen LogP contribution < -0.4 is 10.1 Å². The number of hydrogen-bond acceptors (Lipinski definition) is 6. The zero-order chi connectivity index (χ0) is 16.1. The summed E-state index contributed by atoms with van der Waals surface area (Å²) in [5, 5.41) is 3.09. The molecule has 0 unspecified atom stereocenters. The lowest BCUT2D eigenvalue weighted by molar-refractivity contribution is -0.150. The number of nitrogens with one attached hydrogen (secondary N) is 1. The number of anilines is 1. The highest BCUT2D eigenvalue weighted by molar-refractivity contribution is 7.22. The summed E-state index contributed by atoms with van der Waals surface area (Å²) in [4.78, 5) is 27.4. The van der Waals surface area contributed by atoms with Crippen molar-refractivity contribution in [2.24, 2.45) is 5.92 Å². The molecule has 1 N–H and O–H groups in total. The zero-order valence-electron chi connectivity index (χ0n) is 12.7. The number of carbonyl (C=O) groups is 2. The predicted molar refractivity (Wildman–Crippen MR) is 85.2 cm³/mol. The number of aromatic nitrogens is 1. The van der Waals surface area contributed by atoms with Gasteiger partial charge in [-0.25, -0.2) is 4.98 Å². The standard InChI is InChI=1S/C15H18N2O4S/c1-4-20-10-5-6-11-12(7-10)22-15(16-11)17-13(18)8-21-14(19)9(2)3/h5-7,9H,4,8H2,1-3H3,(H,16,17,18). The van der Waals surface area contributed by atoms with Gasteiger partial charge in [0, 0.05) is 0 Å². The first-order valence-electron chi connectivity index (χ1n) is 6.99. The van der Waals surface area contributed by atoms with Gasteiger partial charge < -0.3 is 9.47 Å². The van der Waals surface area contributed by atoms with Gasteiger partial charge in [-0.3, -0.25) is 14.9 Å². The predicted octanol–water partition coefficient (Wildman–Crippen LogP) is 2.83. The fraction of sp³-hybridized carbons (Fsp3) is 0.400. The van der Waals surface area contributed by atoms with Crippen molar-refractivity contribution >= 4 is 38.6 Å². The smallest absolute Gasteiger partial charge is 0.308 e. The summed E-state index contributed by atoms with van der Waals surface area (Å²) in [6.07, 6.45) is 0. The van der Waals surface area contributed by atoms with Crippen LogP contribution in [0.1, 0.15) is 20.8 Å². The van der Waals surface area contributed by atoms with E-state index < -0.39 is 11.9 Å². The van der Waals surface area contributed by atoms with E-state index in [1.165, 1.54) is 11.3 Å². The molecule has 0 fully saturated rings. The molecule has 1 amide bonds. The van der Waals surface area contributed by atoms with E-state index in [1.54, 1.807) is 13.8 Å². The zero-order valence-corrected chi connectivity index (χ0v) is 13.5. The maximum atomic E-state index is 11.7. The molecule has 118 valence electrons. The van der Waals surface area contributed by atoms with E-state index in [0.717, 1.165) is 16.0 Å². The summed E-state index contributed by atoms with van der Waals surface area (Å²) in [5.74, 6) is -0.298. The number of fused-ring (bicyclic) bond motifs is 1. The second-order valence-electron chi connectivity index (χ2n) is 4.89. The van der Waals surface area contributed by atoms with Crippen LogP contribution in [0.5, 0.6) is 5.75 Å². The Labute approximate surface area is 132 Å². The second-order valence-corrected chi connectivity index (χ2v) is 5.92. The fourth-order valence-electron chi connectivity index (χ4n) is 1.67. The van der Waals surface area contributed by atoms with Crippen LogP contribution in [0.2, 0.25) is 0 Å². The lowest BCUT2D eigenvalue weighted by atomic mass is 10.2. The molecule has 6 nitrogen and oxygen atoms in total. The Hall–Kier alpha value is -2.15. The van der Waals surface area contributed by atoms with E-state index in [1.807, 2.05) is 25.1 Å². The quantitative estimate of drug-likeness (QED) is 0.828. The third kappa shape index (κ3) is 4.17. The maximum absolute atomic E-state index is 11.7. The minimum absolute atomic E-state index is 0.257. The van der Waals surface area contributed by atoms with Gasteiger partial charge in [0.15, 0.2) is 11.7 Å². The average Bonchev–Trinajstić information content (AvgIpc) is 2.86. The molecule has 7 heteroatoms. The fourth-order valence-corrected chi connectivity index (χ4v) is 2.58. The molecule has 0 aliphatic rings. The van der Waals surface area contributed by atoms with E-state index in [9.17, 15) is 9.59 Å². The van der Waals surface area contributed by atoms with Crippen LogP contribution in [0, 0.1) is 5.92 Å². The third-order valence-corrected chi connectivity index (χ3v) is 3.67. The topological polar surface area (TPSA) is 77.5 Å². The number of rotatable bonds is 6. The van der Waals surface area contributed by atoms with E-state index in [2.05, 4.69) is 10.3 Å². The van der Waals surface area contributed by atoms with Gasteiger partial charge in [0.2, 0.25) is 0 Å². The molecule has 0 aliphatic heterocycles. The summed E-state index contributed by atoms with van der Waals surface area (Å²) in [6, 6.07) is 5.55. The number of hydrogen-bond donors (Lipinski definition) is 1. The lowest BCUT2D eigenvalue weighted by Gasteiger charge is -2.06. The third-order valence-electron chi connectivity index (χ3n) is 2.73. The molecule has 2 aromatic rings.